The highest BCUT2D eigenvalue weighted by Gasteiger charge is 2.15. The second kappa shape index (κ2) is 5.61. The first-order valence-electron chi connectivity index (χ1n) is 5.86. The maximum atomic E-state index is 2.34. The van der Waals surface area contributed by atoms with Gasteiger partial charge in [-0.15, -0.1) is 0 Å². The van der Waals surface area contributed by atoms with Crippen LogP contribution in [-0.4, -0.2) is 0 Å². The van der Waals surface area contributed by atoms with E-state index in [4.69, 9.17) is 0 Å². The van der Waals surface area contributed by atoms with Crippen molar-refractivity contribution in [3.63, 3.8) is 0 Å². The summed E-state index contributed by atoms with van der Waals surface area (Å²) in [5, 5.41) is 0. The Kier molecular flexibility index (Phi) is 4.72. The van der Waals surface area contributed by atoms with Gasteiger partial charge in [-0.05, 0) is 11.8 Å². The van der Waals surface area contributed by atoms with E-state index in [2.05, 4.69) is 13.8 Å². The predicted octanol–water partition coefficient (Wildman–Crippen LogP) is 4.39. The third-order valence-electron chi connectivity index (χ3n) is 3.61. The lowest BCUT2D eigenvalue weighted by molar-refractivity contribution is 0.380. The maximum absolute atomic E-state index is 2.34. The molecule has 0 spiro atoms. The van der Waals surface area contributed by atoms with Crippen LogP contribution in [0.2, 0.25) is 0 Å². The van der Waals surface area contributed by atoms with Crippen LogP contribution in [0.5, 0.6) is 0 Å². The molecule has 0 radical (unpaired) electrons. The Labute approximate surface area is 77.7 Å². The van der Waals surface area contributed by atoms with Crippen molar-refractivity contribution >= 4 is 0 Å². The molecule has 0 aromatic rings. The molecule has 1 aliphatic carbocycles. The van der Waals surface area contributed by atoms with E-state index >= 15 is 0 Å². The fourth-order valence-corrected chi connectivity index (χ4v) is 2.47. The Balaban J connectivity index is 2.06. The zero-order chi connectivity index (χ0) is 8.81. The Morgan fingerprint density at radius 3 is 2.17 bits per heavy atom. The van der Waals surface area contributed by atoms with E-state index in [1.807, 2.05) is 0 Å². The van der Waals surface area contributed by atoms with Gasteiger partial charge in [0.25, 0.3) is 0 Å². The number of hydrogen-bond acceptors (Lipinski definition) is 0. The van der Waals surface area contributed by atoms with Crippen LogP contribution >= 0.6 is 0 Å². The van der Waals surface area contributed by atoms with Gasteiger partial charge >= 0.3 is 0 Å². The van der Waals surface area contributed by atoms with E-state index < -0.39 is 0 Å². The molecule has 0 atom stereocenters. The Morgan fingerprint density at radius 2 is 1.67 bits per heavy atom. The van der Waals surface area contributed by atoms with Gasteiger partial charge in [0, 0.05) is 0 Å². The van der Waals surface area contributed by atoms with Gasteiger partial charge in [-0.3, -0.25) is 0 Å². The standard InChI is InChI=1S/C12H24/c1-3-11(4-2)9-10-12-7-5-6-8-12/h11-12H,3-10H2,1-2H3. The van der Waals surface area contributed by atoms with E-state index in [9.17, 15) is 0 Å². The van der Waals surface area contributed by atoms with Crippen molar-refractivity contribution in [1.29, 1.82) is 0 Å². The lowest BCUT2D eigenvalue weighted by Gasteiger charge is -2.14. The van der Waals surface area contributed by atoms with Gasteiger partial charge in [0.05, 0.1) is 0 Å². The molecule has 0 heterocycles. The SMILES string of the molecule is CCC(CC)CCC1CCCC1. The monoisotopic (exact) mass is 168 g/mol. The van der Waals surface area contributed by atoms with Gasteiger partial charge in [-0.1, -0.05) is 65.2 Å². The molecule has 1 aliphatic rings. The molecule has 0 heteroatoms. The average molecular weight is 168 g/mol. The molecule has 1 fully saturated rings. The van der Waals surface area contributed by atoms with Crippen molar-refractivity contribution < 1.29 is 0 Å². The van der Waals surface area contributed by atoms with Crippen LogP contribution in [0.4, 0.5) is 0 Å². The predicted molar refractivity (Wildman–Crippen MR) is 55.3 cm³/mol. The van der Waals surface area contributed by atoms with E-state index in [1.54, 1.807) is 0 Å². The molecule has 1 rings (SSSR count). The maximum Gasteiger partial charge on any atom is -0.0414 e. The Bertz CT molecular complexity index is 94.6. The summed E-state index contributed by atoms with van der Waals surface area (Å²) in [5.74, 6) is 2.12. The van der Waals surface area contributed by atoms with E-state index in [0.29, 0.717) is 0 Å². The molecule has 12 heavy (non-hydrogen) atoms. The summed E-state index contributed by atoms with van der Waals surface area (Å²) in [4.78, 5) is 0. The fourth-order valence-electron chi connectivity index (χ4n) is 2.47. The molecule has 0 bridgehead atoms. The normalized spacial score (nSPS) is 19.2. The third kappa shape index (κ3) is 3.16. The highest BCUT2D eigenvalue weighted by molar-refractivity contribution is 4.68. The van der Waals surface area contributed by atoms with Crippen LogP contribution in [0.15, 0.2) is 0 Å². The largest absolute Gasteiger partial charge is 0.0651 e. The van der Waals surface area contributed by atoms with Gasteiger partial charge in [-0.25, -0.2) is 0 Å². The van der Waals surface area contributed by atoms with Gasteiger partial charge in [0.1, 0.15) is 0 Å². The number of hydrogen-bond donors (Lipinski definition) is 0. The zero-order valence-corrected chi connectivity index (χ0v) is 8.81. The molecular formula is C12H24. The first-order chi connectivity index (χ1) is 5.86. The minimum absolute atomic E-state index is 1.02. The first-order valence-corrected chi connectivity index (χ1v) is 5.86. The summed E-state index contributed by atoms with van der Waals surface area (Å²) in [6, 6.07) is 0. The highest BCUT2D eigenvalue weighted by Crippen LogP contribution is 2.30. The second-order valence-corrected chi connectivity index (χ2v) is 4.41. The van der Waals surface area contributed by atoms with E-state index in [-0.39, 0.29) is 0 Å². The molecule has 0 aromatic heterocycles. The molecular weight excluding hydrogens is 144 g/mol. The van der Waals surface area contributed by atoms with Crippen molar-refractivity contribution in [1.82, 2.24) is 0 Å². The van der Waals surface area contributed by atoms with Gasteiger partial charge < -0.3 is 0 Å². The second-order valence-electron chi connectivity index (χ2n) is 4.41. The summed E-state index contributed by atoms with van der Waals surface area (Å²) >= 11 is 0. The highest BCUT2D eigenvalue weighted by atomic mass is 14.2. The Morgan fingerprint density at radius 1 is 1.08 bits per heavy atom. The van der Waals surface area contributed by atoms with Crippen LogP contribution in [0.3, 0.4) is 0 Å². The lowest BCUT2D eigenvalue weighted by Crippen LogP contribution is -2.01. The van der Waals surface area contributed by atoms with E-state index in [0.717, 1.165) is 11.8 Å². The van der Waals surface area contributed by atoms with Crippen molar-refractivity contribution in [2.24, 2.45) is 11.8 Å². The zero-order valence-electron chi connectivity index (χ0n) is 8.81. The summed E-state index contributed by atoms with van der Waals surface area (Å²) in [6.07, 6.45) is 11.9. The van der Waals surface area contributed by atoms with Crippen LogP contribution in [0, 0.1) is 11.8 Å². The van der Waals surface area contributed by atoms with Crippen LogP contribution in [0.1, 0.15) is 65.2 Å². The minimum atomic E-state index is 1.02. The number of rotatable bonds is 5. The quantitative estimate of drug-likeness (QED) is 0.571. The molecule has 0 N–H and O–H groups in total. The molecule has 1 saturated carbocycles. The minimum Gasteiger partial charge on any atom is -0.0651 e. The topological polar surface area (TPSA) is 0 Å². The molecule has 0 aliphatic heterocycles. The Hall–Kier alpha value is 0. The van der Waals surface area contributed by atoms with Gasteiger partial charge in [0.15, 0.2) is 0 Å². The van der Waals surface area contributed by atoms with Crippen molar-refractivity contribution in [2.75, 3.05) is 0 Å². The van der Waals surface area contributed by atoms with E-state index in [1.165, 1.54) is 51.4 Å². The average Bonchev–Trinajstić information content (AvgIpc) is 2.59. The fraction of sp³-hybridized carbons (Fsp3) is 1.00. The smallest absolute Gasteiger partial charge is 0.0414 e. The first kappa shape index (κ1) is 10.1. The molecule has 72 valence electrons. The molecule has 0 aromatic carbocycles. The van der Waals surface area contributed by atoms with Crippen LogP contribution < -0.4 is 0 Å². The van der Waals surface area contributed by atoms with Crippen LogP contribution in [0.25, 0.3) is 0 Å². The summed E-state index contributed by atoms with van der Waals surface area (Å²) in [6.45, 7) is 4.67. The van der Waals surface area contributed by atoms with Crippen LogP contribution in [-0.2, 0) is 0 Å². The lowest BCUT2D eigenvalue weighted by atomic mass is 9.91. The summed E-state index contributed by atoms with van der Waals surface area (Å²) in [7, 11) is 0. The van der Waals surface area contributed by atoms with Crippen molar-refractivity contribution in [2.45, 2.75) is 65.2 Å². The van der Waals surface area contributed by atoms with Crippen molar-refractivity contribution in [3.8, 4) is 0 Å². The molecule has 0 saturated heterocycles. The summed E-state index contributed by atoms with van der Waals surface area (Å²) in [5.41, 5.74) is 0. The van der Waals surface area contributed by atoms with Gasteiger partial charge in [-0.2, -0.15) is 0 Å². The molecule has 0 nitrogen and oxygen atoms in total. The third-order valence-corrected chi connectivity index (χ3v) is 3.61. The van der Waals surface area contributed by atoms with Crippen molar-refractivity contribution in [3.05, 3.63) is 0 Å². The molecule has 0 amide bonds. The van der Waals surface area contributed by atoms with Gasteiger partial charge in [0.2, 0.25) is 0 Å². The molecule has 0 unspecified atom stereocenters. The summed E-state index contributed by atoms with van der Waals surface area (Å²) < 4.78 is 0.